The summed E-state index contributed by atoms with van der Waals surface area (Å²) >= 11 is 0. The van der Waals surface area contributed by atoms with Gasteiger partial charge in [0.25, 0.3) is 6.20 Å². The summed E-state index contributed by atoms with van der Waals surface area (Å²) in [7, 11) is 1.65. The van der Waals surface area contributed by atoms with Gasteiger partial charge in [0, 0.05) is 19.5 Å². The van der Waals surface area contributed by atoms with Crippen LogP contribution in [0.4, 0.5) is 0 Å². The molecule has 1 saturated heterocycles. The SMILES string of the molecule is CNC(=C[N+](=O)[O-])NCC1COC(C)C1. The molecule has 0 amide bonds. The van der Waals surface area contributed by atoms with Gasteiger partial charge in [-0.25, -0.2) is 0 Å². The lowest BCUT2D eigenvalue weighted by atomic mass is 10.1. The lowest BCUT2D eigenvalue weighted by molar-refractivity contribution is -0.404. The first-order valence-electron chi connectivity index (χ1n) is 5.00. The van der Waals surface area contributed by atoms with Crippen molar-refractivity contribution in [2.45, 2.75) is 19.4 Å². The van der Waals surface area contributed by atoms with Crippen molar-refractivity contribution in [3.05, 3.63) is 22.1 Å². The van der Waals surface area contributed by atoms with E-state index in [2.05, 4.69) is 10.6 Å². The van der Waals surface area contributed by atoms with Crippen molar-refractivity contribution in [1.82, 2.24) is 10.6 Å². The van der Waals surface area contributed by atoms with Crippen molar-refractivity contribution in [2.24, 2.45) is 5.92 Å². The van der Waals surface area contributed by atoms with Gasteiger partial charge in [-0.3, -0.25) is 10.1 Å². The number of nitrogens with one attached hydrogen (secondary N) is 2. The summed E-state index contributed by atoms with van der Waals surface area (Å²) < 4.78 is 5.40. The smallest absolute Gasteiger partial charge is 0.274 e. The fourth-order valence-electron chi connectivity index (χ4n) is 1.61. The molecule has 0 aromatic carbocycles. The summed E-state index contributed by atoms with van der Waals surface area (Å²) in [6.07, 6.45) is 2.23. The van der Waals surface area contributed by atoms with E-state index in [9.17, 15) is 10.1 Å². The van der Waals surface area contributed by atoms with Crippen LogP contribution in [0.2, 0.25) is 0 Å². The van der Waals surface area contributed by atoms with Gasteiger partial charge in [0.05, 0.1) is 17.6 Å². The van der Waals surface area contributed by atoms with Gasteiger partial charge in [-0.15, -0.1) is 0 Å². The summed E-state index contributed by atoms with van der Waals surface area (Å²) in [5.74, 6) is 0.864. The first-order valence-corrected chi connectivity index (χ1v) is 5.00. The molecule has 0 aromatic rings. The number of hydrogen-bond donors (Lipinski definition) is 2. The van der Waals surface area contributed by atoms with Gasteiger partial charge >= 0.3 is 0 Å². The van der Waals surface area contributed by atoms with Crippen LogP contribution in [0.25, 0.3) is 0 Å². The van der Waals surface area contributed by atoms with E-state index in [1.54, 1.807) is 7.05 Å². The molecule has 0 radical (unpaired) electrons. The van der Waals surface area contributed by atoms with Crippen LogP contribution in [-0.4, -0.2) is 31.2 Å². The summed E-state index contributed by atoms with van der Waals surface area (Å²) in [4.78, 5) is 9.76. The van der Waals surface area contributed by atoms with Crippen molar-refractivity contribution in [2.75, 3.05) is 20.2 Å². The highest BCUT2D eigenvalue weighted by Crippen LogP contribution is 2.17. The molecule has 6 heteroatoms. The molecule has 1 fully saturated rings. The second-order valence-electron chi connectivity index (χ2n) is 3.70. The Morgan fingerprint density at radius 2 is 2.47 bits per heavy atom. The number of hydrogen-bond acceptors (Lipinski definition) is 5. The molecule has 1 aliphatic heterocycles. The molecular weight excluding hydrogens is 198 g/mol. The molecular formula is C9H17N3O3. The molecule has 1 heterocycles. The molecule has 0 spiro atoms. The standard InChI is InChI=1S/C9H17N3O3/c1-7-3-8(6-15-7)4-11-9(10-2)5-12(13)14/h5,7-8,10-11H,3-4,6H2,1-2H3. The first-order chi connectivity index (χ1) is 7.11. The molecule has 6 nitrogen and oxygen atoms in total. The quantitative estimate of drug-likeness (QED) is 0.509. The zero-order valence-electron chi connectivity index (χ0n) is 9.03. The van der Waals surface area contributed by atoms with Crippen LogP contribution in [0.15, 0.2) is 12.0 Å². The maximum absolute atomic E-state index is 10.2. The lowest BCUT2D eigenvalue weighted by Crippen LogP contribution is -2.29. The van der Waals surface area contributed by atoms with Crippen molar-refractivity contribution < 1.29 is 9.66 Å². The predicted octanol–water partition coefficient (Wildman–Crippen LogP) is 0.296. The van der Waals surface area contributed by atoms with E-state index in [1.807, 2.05) is 6.92 Å². The normalized spacial score (nSPS) is 26.4. The topological polar surface area (TPSA) is 76.4 Å². The molecule has 0 saturated carbocycles. The highest BCUT2D eigenvalue weighted by Gasteiger charge is 2.21. The third-order valence-electron chi connectivity index (χ3n) is 2.37. The van der Waals surface area contributed by atoms with Crippen LogP contribution in [0.1, 0.15) is 13.3 Å². The fraction of sp³-hybridized carbons (Fsp3) is 0.778. The zero-order chi connectivity index (χ0) is 11.3. The number of ether oxygens (including phenoxy) is 1. The average Bonchev–Trinajstić information content (AvgIpc) is 2.58. The molecule has 2 N–H and O–H groups in total. The second kappa shape index (κ2) is 5.55. The van der Waals surface area contributed by atoms with Gasteiger partial charge in [-0.1, -0.05) is 0 Å². The van der Waals surface area contributed by atoms with Crippen molar-refractivity contribution in [1.29, 1.82) is 0 Å². The molecule has 15 heavy (non-hydrogen) atoms. The molecule has 0 bridgehead atoms. The molecule has 86 valence electrons. The van der Waals surface area contributed by atoms with Crippen LogP contribution in [-0.2, 0) is 4.74 Å². The largest absolute Gasteiger partial charge is 0.378 e. The Morgan fingerprint density at radius 3 is 2.93 bits per heavy atom. The fourth-order valence-corrected chi connectivity index (χ4v) is 1.61. The maximum Gasteiger partial charge on any atom is 0.274 e. The van der Waals surface area contributed by atoms with Crippen LogP contribution in [0.5, 0.6) is 0 Å². The van der Waals surface area contributed by atoms with E-state index in [1.165, 1.54) is 0 Å². The number of rotatable bonds is 5. The Bertz CT molecular complexity index is 255. The van der Waals surface area contributed by atoms with Crippen LogP contribution in [0.3, 0.4) is 0 Å². The van der Waals surface area contributed by atoms with Gasteiger partial charge in [0.1, 0.15) is 0 Å². The first kappa shape index (κ1) is 11.8. The van der Waals surface area contributed by atoms with Crippen LogP contribution in [0, 0.1) is 16.0 Å². The molecule has 2 atom stereocenters. The predicted molar refractivity (Wildman–Crippen MR) is 55.7 cm³/mol. The highest BCUT2D eigenvalue weighted by molar-refractivity contribution is 4.91. The van der Waals surface area contributed by atoms with Gasteiger partial charge in [-0.2, -0.15) is 0 Å². The number of nitro groups is 1. The van der Waals surface area contributed by atoms with Gasteiger partial charge in [0.2, 0.25) is 0 Å². The minimum atomic E-state index is -0.480. The highest BCUT2D eigenvalue weighted by atomic mass is 16.6. The van der Waals surface area contributed by atoms with E-state index in [0.29, 0.717) is 24.4 Å². The van der Waals surface area contributed by atoms with Crippen molar-refractivity contribution in [3.8, 4) is 0 Å². The van der Waals surface area contributed by atoms with E-state index >= 15 is 0 Å². The van der Waals surface area contributed by atoms with E-state index < -0.39 is 4.92 Å². The summed E-state index contributed by atoms with van der Waals surface area (Å²) in [5, 5.41) is 16.0. The maximum atomic E-state index is 10.2. The Labute approximate surface area is 88.8 Å². The molecule has 0 aliphatic carbocycles. The van der Waals surface area contributed by atoms with Gasteiger partial charge in [0.15, 0.2) is 5.82 Å². The Hall–Kier alpha value is -1.30. The zero-order valence-corrected chi connectivity index (χ0v) is 9.03. The van der Waals surface area contributed by atoms with E-state index in [0.717, 1.165) is 19.2 Å². The van der Waals surface area contributed by atoms with E-state index in [-0.39, 0.29) is 0 Å². The third-order valence-corrected chi connectivity index (χ3v) is 2.37. The van der Waals surface area contributed by atoms with Gasteiger partial charge in [-0.05, 0) is 13.3 Å². The van der Waals surface area contributed by atoms with Crippen LogP contribution < -0.4 is 10.6 Å². The second-order valence-corrected chi connectivity index (χ2v) is 3.70. The minimum Gasteiger partial charge on any atom is -0.378 e. The summed E-state index contributed by atoms with van der Waals surface area (Å²) in [6.45, 7) is 3.46. The van der Waals surface area contributed by atoms with Crippen LogP contribution >= 0.6 is 0 Å². The average molecular weight is 215 g/mol. The Kier molecular flexibility index (Phi) is 4.36. The van der Waals surface area contributed by atoms with Crippen molar-refractivity contribution >= 4 is 0 Å². The third kappa shape index (κ3) is 4.16. The molecule has 1 rings (SSSR count). The summed E-state index contributed by atoms with van der Waals surface area (Å²) in [5.41, 5.74) is 0. The Morgan fingerprint density at radius 1 is 1.73 bits per heavy atom. The van der Waals surface area contributed by atoms with E-state index in [4.69, 9.17) is 4.74 Å². The van der Waals surface area contributed by atoms with Crippen molar-refractivity contribution in [3.63, 3.8) is 0 Å². The monoisotopic (exact) mass is 215 g/mol. The minimum absolute atomic E-state index is 0.300. The summed E-state index contributed by atoms with van der Waals surface area (Å²) in [6, 6.07) is 0. The number of nitrogens with zero attached hydrogens (tertiary/aromatic N) is 1. The Balaban J connectivity index is 2.31. The van der Waals surface area contributed by atoms with Gasteiger partial charge < -0.3 is 15.4 Å². The molecule has 1 aliphatic rings. The molecule has 2 unspecified atom stereocenters. The lowest BCUT2D eigenvalue weighted by Gasteiger charge is -2.11. The molecule has 0 aromatic heterocycles.